The number of likely N-dealkylation sites (N-methyl/N-ethyl adjacent to an activating group) is 1. The Balaban J connectivity index is 0.00000220. The van der Waals surface area contributed by atoms with Gasteiger partial charge in [0, 0.05) is 12.2 Å². The number of rotatable bonds is 7. The highest BCUT2D eigenvalue weighted by Gasteiger charge is 2.06. The van der Waals surface area contributed by atoms with Gasteiger partial charge >= 0.3 is 0 Å². The van der Waals surface area contributed by atoms with E-state index in [1.54, 1.807) is 18.2 Å². The van der Waals surface area contributed by atoms with E-state index in [4.69, 9.17) is 9.15 Å². The number of halogens is 1. The lowest BCUT2D eigenvalue weighted by Crippen LogP contribution is -2.20. The molecule has 0 saturated heterocycles. The summed E-state index contributed by atoms with van der Waals surface area (Å²) in [4.78, 5) is 11.8. The number of ether oxygens (including phenoxy) is 1. The number of hydrogen-bond acceptors (Lipinski definition) is 4. The third kappa shape index (κ3) is 5.49. The number of nitrogens with one attached hydrogen (secondary N) is 2. The molecule has 0 aliphatic rings. The number of benzene rings is 1. The van der Waals surface area contributed by atoms with Gasteiger partial charge in [0.2, 0.25) is 0 Å². The standard InChI is InChI=1S/C15H18N2O3.ClH/c1-2-16-8-10-20-14-5-3-13(4-6-14)17-15(18)12-7-9-19-11-12;/h3-7,9,11,16H,2,8,10H2,1H3,(H,17,18);1H. The summed E-state index contributed by atoms with van der Waals surface area (Å²) < 4.78 is 10.4. The van der Waals surface area contributed by atoms with Crippen LogP contribution >= 0.6 is 12.4 Å². The normalized spacial score (nSPS) is 9.76. The van der Waals surface area contributed by atoms with Crippen LogP contribution in [0.1, 0.15) is 17.3 Å². The van der Waals surface area contributed by atoms with E-state index in [1.807, 2.05) is 12.1 Å². The van der Waals surface area contributed by atoms with Crippen molar-refractivity contribution < 1.29 is 13.9 Å². The molecule has 114 valence electrons. The van der Waals surface area contributed by atoms with Crippen molar-refractivity contribution in [3.8, 4) is 5.75 Å². The van der Waals surface area contributed by atoms with Crippen molar-refractivity contribution in [1.29, 1.82) is 0 Å². The van der Waals surface area contributed by atoms with E-state index >= 15 is 0 Å². The van der Waals surface area contributed by atoms with E-state index in [-0.39, 0.29) is 18.3 Å². The van der Waals surface area contributed by atoms with Crippen molar-refractivity contribution in [1.82, 2.24) is 5.32 Å². The van der Waals surface area contributed by atoms with Crippen LogP contribution in [0.25, 0.3) is 0 Å². The van der Waals surface area contributed by atoms with Crippen LogP contribution in [0.15, 0.2) is 47.3 Å². The summed E-state index contributed by atoms with van der Waals surface area (Å²) in [5.74, 6) is 0.587. The molecule has 2 rings (SSSR count). The average Bonchev–Trinajstić information content (AvgIpc) is 3.00. The molecule has 1 aromatic heterocycles. The molecule has 1 aromatic carbocycles. The van der Waals surface area contributed by atoms with Crippen LogP contribution in [0.3, 0.4) is 0 Å². The summed E-state index contributed by atoms with van der Waals surface area (Å²) in [6.07, 6.45) is 2.88. The second-order valence-corrected chi connectivity index (χ2v) is 4.19. The van der Waals surface area contributed by atoms with Crippen LogP contribution in [0.2, 0.25) is 0 Å². The lowest BCUT2D eigenvalue weighted by Gasteiger charge is -2.08. The maximum atomic E-state index is 11.8. The number of amides is 1. The minimum absolute atomic E-state index is 0. The molecule has 0 radical (unpaired) electrons. The first kappa shape index (κ1) is 17.1. The zero-order chi connectivity index (χ0) is 14.2. The molecule has 6 heteroatoms. The highest BCUT2D eigenvalue weighted by molar-refractivity contribution is 6.03. The lowest BCUT2D eigenvalue weighted by atomic mass is 10.2. The molecule has 0 aliphatic carbocycles. The van der Waals surface area contributed by atoms with Gasteiger partial charge in [-0.15, -0.1) is 12.4 Å². The Hall–Kier alpha value is -1.98. The number of hydrogen-bond donors (Lipinski definition) is 2. The molecule has 2 aromatic rings. The van der Waals surface area contributed by atoms with Crippen LogP contribution in [-0.2, 0) is 0 Å². The minimum Gasteiger partial charge on any atom is -0.492 e. The lowest BCUT2D eigenvalue weighted by molar-refractivity contribution is 0.102. The van der Waals surface area contributed by atoms with Gasteiger partial charge in [0.15, 0.2) is 0 Å². The second-order valence-electron chi connectivity index (χ2n) is 4.19. The third-order valence-corrected chi connectivity index (χ3v) is 2.69. The first-order valence-corrected chi connectivity index (χ1v) is 6.56. The summed E-state index contributed by atoms with van der Waals surface area (Å²) in [5, 5.41) is 5.96. The Morgan fingerprint density at radius 2 is 2.00 bits per heavy atom. The van der Waals surface area contributed by atoms with Crippen molar-refractivity contribution in [2.75, 3.05) is 25.0 Å². The van der Waals surface area contributed by atoms with E-state index in [2.05, 4.69) is 17.6 Å². The maximum absolute atomic E-state index is 11.8. The van der Waals surface area contributed by atoms with Crippen molar-refractivity contribution in [2.24, 2.45) is 0 Å². The fourth-order valence-corrected chi connectivity index (χ4v) is 1.65. The Morgan fingerprint density at radius 3 is 2.62 bits per heavy atom. The van der Waals surface area contributed by atoms with Gasteiger partial charge in [0.05, 0.1) is 11.8 Å². The molecule has 1 amide bonds. The molecule has 5 nitrogen and oxygen atoms in total. The predicted octanol–water partition coefficient (Wildman–Crippen LogP) is 2.94. The van der Waals surface area contributed by atoms with Gasteiger partial charge in [-0.3, -0.25) is 4.79 Å². The Kier molecular flexibility index (Phi) is 7.36. The summed E-state index contributed by atoms with van der Waals surface area (Å²) in [5.41, 5.74) is 1.21. The highest BCUT2D eigenvalue weighted by atomic mass is 35.5. The Bertz CT molecular complexity index is 526. The molecule has 21 heavy (non-hydrogen) atoms. The smallest absolute Gasteiger partial charge is 0.258 e. The summed E-state index contributed by atoms with van der Waals surface area (Å²) in [7, 11) is 0. The van der Waals surface area contributed by atoms with Gasteiger partial charge < -0.3 is 19.8 Å². The van der Waals surface area contributed by atoms with Crippen LogP contribution in [0.4, 0.5) is 5.69 Å². The van der Waals surface area contributed by atoms with E-state index in [0.717, 1.165) is 24.5 Å². The van der Waals surface area contributed by atoms with Gasteiger partial charge in [-0.2, -0.15) is 0 Å². The zero-order valence-corrected chi connectivity index (χ0v) is 12.6. The fourth-order valence-electron chi connectivity index (χ4n) is 1.65. The molecule has 2 N–H and O–H groups in total. The van der Waals surface area contributed by atoms with Gasteiger partial charge in [0.1, 0.15) is 18.6 Å². The molecule has 0 aliphatic heterocycles. The van der Waals surface area contributed by atoms with Crippen LogP contribution in [0.5, 0.6) is 5.75 Å². The molecule has 0 unspecified atom stereocenters. The molecular formula is C15H19ClN2O3. The van der Waals surface area contributed by atoms with Crippen LogP contribution in [0, 0.1) is 0 Å². The highest BCUT2D eigenvalue weighted by Crippen LogP contribution is 2.16. The number of carbonyl (C=O) groups is 1. The largest absolute Gasteiger partial charge is 0.492 e. The fraction of sp³-hybridized carbons (Fsp3) is 0.267. The second kappa shape index (κ2) is 9.05. The molecule has 0 spiro atoms. The third-order valence-electron chi connectivity index (χ3n) is 2.69. The summed E-state index contributed by atoms with van der Waals surface area (Å²) >= 11 is 0. The van der Waals surface area contributed by atoms with E-state index < -0.39 is 0 Å². The van der Waals surface area contributed by atoms with E-state index in [0.29, 0.717) is 12.2 Å². The topological polar surface area (TPSA) is 63.5 Å². The Morgan fingerprint density at radius 1 is 1.24 bits per heavy atom. The average molecular weight is 311 g/mol. The van der Waals surface area contributed by atoms with E-state index in [1.165, 1.54) is 12.5 Å². The minimum atomic E-state index is -0.195. The Labute approximate surface area is 130 Å². The van der Waals surface area contributed by atoms with Crippen LogP contribution in [-0.4, -0.2) is 25.6 Å². The molecule has 0 atom stereocenters. The monoisotopic (exact) mass is 310 g/mol. The predicted molar refractivity (Wildman–Crippen MR) is 84.4 cm³/mol. The molecule has 0 bridgehead atoms. The van der Waals surface area contributed by atoms with Crippen molar-refractivity contribution >= 4 is 24.0 Å². The van der Waals surface area contributed by atoms with Crippen molar-refractivity contribution in [3.05, 3.63) is 48.4 Å². The van der Waals surface area contributed by atoms with Crippen molar-refractivity contribution in [2.45, 2.75) is 6.92 Å². The van der Waals surface area contributed by atoms with Gasteiger partial charge in [-0.05, 0) is 36.9 Å². The summed E-state index contributed by atoms with van der Waals surface area (Å²) in [6.45, 7) is 4.42. The maximum Gasteiger partial charge on any atom is 0.258 e. The number of anilines is 1. The van der Waals surface area contributed by atoms with E-state index in [9.17, 15) is 4.79 Å². The van der Waals surface area contributed by atoms with Gasteiger partial charge in [-0.25, -0.2) is 0 Å². The number of furan rings is 1. The molecular weight excluding hydrogens is 292 g/mol. The first-order chi connectivity index (χ1) is 9.79. The molecule has 1 heterocycles. The summed E-state index contributed by atoms with van der Waals surface area (Å²) in [6, 6.07) is 8.89. The van der Waals surface area contributed by atoms with Gasteiger partial charge in [0.25, 0.3) is 5.91 Å². The van der Waals surface area contributed by atoms with Gasteiger partial charge in [-0.1, -0.05) is 6.92 Å². The quantitative estimate of drug-likeness (QED) is 0.772. The first-order valence-electron chi connectivity index (χ1n) is 6.56. The number of carbonyl (C=O) groups excluding carboxylic acids is 1. The zero-order valence-electron chi connectivity index (χ0n) is 11.8. The van der Waals surface area contributed by atoms with Crippen molar-refractivity contribution in [3.63, 3.8) is 0 Å². The van der Waals surface area contributed by atoms with Crippen LogP contribution < -0.4 is 15.4 Å². The molecule has 0 saturated carbocycles. The molecule has 0 fully saturated rings. The SMILES string of the molecule is CCNCCOc1ccc(NC(=O)c2ccoc2)cc1.Cl.